The predicted molar refractivity (Wildman–Crippen MR) is 131 cm³/mol. The van der Waals surface area contributed by atoms with Crippen molar-refractivity contribution in [1.29, 1.82) is 0 Å². The SMILES string of the molecule is C=C(NCC1(CNCCCCNCC2(CNC(=O)OC(C)(C)C)CC2)CC1)OC(C)(C)C. The van der Waals surface area contributed by atoms with E-state index in [9.17, 15) is 4.79 Å². The lowest BCUT2D eigenvalue weighted by Crippen LogP contribution is -2.39. The number of amides is 1. The Kier molecular flexibility index (Phi) is 9.29. The standard InChI is InChI=1S/C25H48N4O3/c1-20(31-22(2,3)4)28-18-24(10-11-24)16-26-14-8-9-15-27-17-25(12-13-25)19-29-21(30)32-23(5,6)7/h26-28H,1,8-19H2,2-7H3,(H,29,30). The molecule has 0 aromatic rings. The van der Waals surface area contributed by atoms with Gasteiger partial charge in [-0.05, 0) is 99.7 Å². The molecule has 2 aliphatic rings. The van der Waals surface area contributed by atoms with Crippen LogP contribution in [-0.2, 0) is 9.47 Å². The Balaban J connectivity index is 1.46. The number of hydrogen-bond donors (Lipinski definition) is 4. The predicted octanol–water partition coefficient (Wildman–Crippen LogP) is 3.91. The minimum Gasteiger partial charge on any atom is -0.474 e. The Hall–Kier alpha value is -1.47. The van der Waals surface area contributed by atoms with Crippen LogP contribution in [0, 0.1) is 10.8 Å². The maximum atomic E-state index is 11.8. The number of rotatable bonds is 15. The summed E-state index contributed by atoms with van der Waals surface area (Å²) >= 11 is 0. The van der Waals surface area contributed by atoms with Crippen LogP contribution in [0.2, 0.25) is 0 Å². The van der Waals surface area contributed by atoms with Crippen molar-refractivity contribution in [3.63, 3.8) is 0 Å². The van der Waals surface area contributed by atoms with Crippen molar-refractivity contribution in [2.24, 2.45) is 10.8 Å². The van der Waals surface area contributed by atoms with E-state index < -0.39 is 5.60 Å². The molecule has 0 bridgehead atoms. The molecule has 2 saturated carbocycles. The Morgan fingerprint density at radius 1 is 0.750 bits per heavy atom. The Morgan fingerprint density at radius 3 is 1.59 bits per heavy atom. The lowest BCUT2D eigenvalue weighted by Gasteiger charge is -2.25. The minimum absolute atomic E-state index is 0.207. The summed E-state index contributed by atoms with van der Waals surface area (Å²) in [5.74, 6) is 0.671. The maximum absolute atomic E-state index is 11.8. The molecule has 2 aliphatic carbocycles. The van der Waals surface area contributed by atoms with Gasteiger partial charge in [-0.1, -0.05) is 0 Å². The molecule has 1 amide bonds. The summed E-state index contributed by atoms with van der Waals surface area (Å²) in [5, 5.41) is 13.5. The van der Waals surface area contributed by atoms with Gasteiger partial charge in [0.05, 0.1) is 0 Å². The van der Waals surface area contributed by atoms with E-state index in [1.165, 1.54) is 32.1 Å². The van der Waals surface area contributed by atoms with Crippen LogP contribution in [0.5, 0.6) is 0 Å². The summed E-state index contributed by atoms with van der Waals surface area (Å²) in [6.45, 7) is 21.5. The summed E-state index contributed by atoms with van der Waals surface area (Å²) in [7, 11) is 0. The molecule has 0 atom stereocenters. The lowest BCUT2D eigenvalue weighted by atomic mass is 10.1. The third-order valence-electron chi connectivity index (χ3n) is 5.97. The molecule has 7 nitrogen and oxygen atoms in total. The second-order valence-electron chi connectivity index (χ2n) is 11.9. The lowest BCUT2D eigenvalue weighted by molar-refractivity contribution is 0.0400. The van der Waals surface area contributed by atoms with E-state index in [0.29, 0.717) is 17.8 Å². The molecule has 0 aromatic heterocycles. The number of ether oxygens (including phenoxy) is 2. The van der Waals surface area contributed by atoms with E-state index in [4.69, 9.17) is 9.47 Å². The second kappa shape index (κ2) is 11.1. The first-order valence-electron chi connectivity index (χ1n) is 12.3. The van der Waals surface area contributed by atoms with Crippen LogP contribution in [-0.4, -0.2) is 56.6 Å². The van der Waals surface area contributed by atoms with Gasteiger partial charge in [0.15, 0.2) is 5.88 Å². The largest absolute Gasteiger partial charge is 0.474 e. The average Bonchev–Trinajstić information content (AvgIpc) is 3.56. The first-order chi connectivity index (χ1) is 14.8. The highest BCUT2D eigenvalue weighted by Crippen LogP contribution is 2.45. The average molecular weight is 453 g/mol. The van der Waals surface area contributed by atoms with E-state index in [1.54, 1.807) is 0 Å². The zero-order chi connectivity index (χ0) is 23.9. The fraction of sp³-hybridized carbons (Fsp3) is 0.880. The van der Waals surface area contributed by atoms with Gasteiger partial charge in [-0.2, -0.15) is 0 Å². The number of carbonyl (C=O) groups is 1. The number of nitrogens with one attached hydrogen (secondary N) is 4. The monoisotopic (exact) mass is 452 g/mol. The van der Waals surface area contributed by atoms with Crippen molar-refractivity contribution in [1.82, 2.24) is 21.3 Å². The number of unbranched alkanes of at least 4 members (excludes halogenated alkanes) is 1. The van der Waals surface area contributed by atoms with Crippen LogP contribution in [0.25, 0.3) is 0 Å². The van der Waals surface area contributed by atoms with Gasteiger partial charge >= 0.3 is 6.09 Å². The minimum atomic E-state index is -0.446. The first kappa shape index (κ1) is 26.8. The van der Waals surface area contributed by atoms with Crippen LogP contribution in [0.15, 0.2) is 12.5 Å². The molecule has 32 heavy (non-hydrogen) atoms. The Morgan fingerprint density at radius 2 is 1.19 bits per heavy atom. The topological polar surface area (TPSA) is 83.7 Å². The van der Waals surface area contributed by atoms with E-state index in [-0.39, 0.29) is 17.1 Å². The summed E-state index contributed by atoms with van der Waals surface area (Å²) in [6, 6.07) is 0. The van der Waals surface area contributed by atoms with Gasteiger partial charge in [-0.3, -0.25) is 0 Å². The molecule has 0 aromatic carbocycles. The molecule has 2 fully saturated rings. The van der Waals surface area contributed by atoms with E-state index in [0.717, 1.165) is 39.1 Å². The second-order valence-corrected chi connectivity index (χ2v) is 11.9. The van der Waals surface area contributed by atoms with Crippen LogP contribution < -0.4 is 21.3 Å². The van der Waals surface area contributed by atoms with Gasteiger partial charge in [0, 0.05) is 37.0 Å². The van der Waals surface area contributed by atoms with E-state index in [2.05, 4.69) is 27.8 Å². The Bertz CT molecular complexity index is 560. The molecular formula is C25H48N4O3. The van der Waals surface area contributed by atoms with E-state index in [1.807, 2.05) is 41.5 Å². The molecule has 0 aliphatic heterocycles. The maximum Gasteiger partial charge on any atom is 0.407 e. The molecule has 186 valence electrons. The molecule has 2 rings (SSSR count). The summed E-state index contributed by atoms with van der Waals surface area (Å²) in [5.41, 5.74) is -0.0675. The smallest absolute Gasteiger partial charge is 0.407 e. The molecule has 0 saturated heterocycles. The van der Waals surface area contributed by atoms with Gasteiger partial charge in [0.2, 0.25) is 0 Å². The van der Waals surface area contributed by atoms with Crippen molar-refractivity contribution >= 4 is 6.09 Å². The number of alkyl carbamates (subject to hydrolysis) is 1. The molecule has 0 unspecified atom stereocenters. The molecule has 0 radical (unpaired) electrons. The summed E-state index contributed by atoms with van der Waals surface area (Å²) in [4.78, 5) is 11.8. The van der Waals surface area contributed by atoms with Gasteiger partial charge in [0.1, 0.15) is 11.2 Å². The zero-order valence-corrected chi connectivity index (χ0v) is 21.4. The summed E-state index contributed by atoms with van der Waals surface area (Å²) in [6.07, 6.45) is 6.86. The third-order valence-corrected chi connectivity index (χ3v) is 5.97. The molecule has 0 heterocycles. The summed E-state index contributed by atoms with van der Waals surface area (Å²) < 4.78 is 11.1. The molecule has 0 spiro atoms. The van der Waals surface area contributed by atoms with Crippen molar-refractivity contribution in [2.45, 2.75) is 91.3 Å². The van der Waals surface area contributed by atoms with Crippen LogP contribution in [0.3, 0.4) is 0 Å². The van der Waals surface area contributed by atoms with Crippen LogP contribution >= 0.6 is 0 Å². The van der Waals surface area contributed by atoms with Gasteiger partial charge < -0.3 is 30.7 Å². The van der Waals surface area contributed by atoms with Crippen molar-refractivity contribution in [2.75, 3.05) is 39.3 Å². The highest BCUT2D eigenvalue weighted by molar-refractivity contribution is 5.67. The van der Waals surface area contributed by atoms with Gasteiger partial charge in [-0.25, -0.2) is 4.79 Å². The zero-order valence-electron chi connectivity index (χ0n) is 21.4. The number of hydrogen-bond acceptors (Lipinski definition) is 6. The van der Waals surface area contributed by atoms with Gasteiger partial charge in [-0.15, -0.1) is 0 Å². The normalized spacial score (nSPS) is 18.6. The van der Waals surface area contributed by atoms with Crippen molar-refractivity contribution < 1.29 is 14.3 Å². The highest BCUT2D eigenvalue weighted by Gasteiger charge is 2.43. The van der Waals surface area contributed by atoms with Crippen LogP contribution in [0.1, 0.15) is 80.1 Å². The highest BCUT2D eigenvalue weighted by atomic mass is 16.6. The van der Waals surface area contributed by atoms with Gasteiger partial charge in [0.25, 0.3) is 0 Å². The van der Waals surface area contributed by atoms with Crippen LogP contribution in [0.4, 0.5) is 4.79 Å². The van der Waals surface area contributed by atoms with Crippen molar-refractivity contribution in [3.05, 3.63) is 12.5 Å². The van der Waals surface area contributed by atoms with Crippen molar-refractivity contribution in [3.8, 4) is 0 Å². The quantitative estimate of drug-likeness (QED) is 0.223. The number of carbonyl (C=O) groups excluding carboxylic acids is 1. The first-order valence-corrected chi connectivity index (χ1v) is 12.3. The molecule has 7 heteroatoms. The third kappa shape index (κ3) is 11.4. The van der Waals surface area contributed by atoms with E-state index >= 15 is 0 Å². The fourth-order valence-electron chi connectivity index (χ4n) is 3.66. The molecule has 4 N–H and O–H groups in total. The fourth-order valence-corrected chi connectivity index (χ4v) is 3.66. The Labute approximate surface area is 195 Å². The molecular weight excluding hydrogens is 404 g/mol.